The number of anilines is 1. The van der Waals surface area contributed by atoms with Crippen LogP contribution in [0.4, 0.5) is 5.82 Å². The van der Waals surface area contributed by atoms with Gasteiger partial charge in [-0.05, 0) is 64.3 Å². The van der Waals surface area contributed by atoms with Crippen LogP contribution in [-0.2, 0) is 5.54 Å². The minimum absolute atomic E-state index is 0.0114. The summed E-state index contributed by atoms with van der Waals surface area (Å²) in [4.78, 5) is 24.2. The minimum Gasteiger partial charge on any atom is -0.353 e. The van der Waals surface area contributed by atoms with Gasteiger partial charge in [-0.2, -0.15) is 0 Å². The number of aromatic nitrogens is 1. The molecule has 1 N–H and O–H groups in total. The molecule has 35 heavy (non-hydrogen) atoms. The molecule has 8 heteroatoms. The first-order valence-electron chi connectivity index (χ1n) is 12.7. The van der Waals surface area contributed by atoms with Crippen molar-refractivity contribution in [1.82, 2.24) is 20.1 Å². The number of halogens is 2. The maximum Gasteiger partial charge on any atom is 0.252 e. The number of nitrogens with one attached hydrogen (secondary N) is 1. The molecule has 2 fully saturated rings. The van der Waals surface area contributed by atoms with Gasteiger partial charge in [0, 0.05) is 68.1 Å². The van der Waals surface area contributed by atoms with Crippen LogP contribution < -0.4 is 10.2 Å². The second-order valence-electron chi connectivity index (χ2n) is 10.2. The van der Waals surface area contributed by atoms with Crippen LogP contribution in [0.25, 0.3) is 0 Å². The molecule has 2 aromatic rings. The summed E-state index contributed by atoms with van der Waals surface area (Å²) in [6, 6.07) is 11.0. The zero-order valence-corrected chi connectivity index (χ0v) is 22.7. The Bertz CT molecular complexity index is 1020. The van der Waals surface area contributed by atoms with Crippen molar-refractivity contribution in [3.8, 4) is 0 Å². The van der Waals surface area contributed by atoms with Crippen LogP contribution in [0, 0.1) is 0 Å². The fourth-order valence-electron chi connectivity index (χ4n) is 5.55. The summed E-state index contributed by atoms with van der Waals surface area (Å²) in [5, 5.41) is 4.11. The number of nitrogens with zero attached hydrogens (tertiary/aromatic N) is 4. The first-order valence-corrected chi connectivity index (χ1v) is 13.4. The number of piperidine rings is 1. The van der Waals surface area contributed by atoms with Crippen molar-refractivity contribution in [2.75, 3.05) is 44.2 Å². The topological polar surface area (TPSA) is 51.7 Å². The van der Waals surface area contributed by atoms with Crippen LogP contribution in [0.3, 0.4) is 0 Å². The van der Waals surface area contributed by atoms with Gasteiger partial charge >= 0.3 is 0 Å². The Balaban J connectivity index is 1.34. The molecule has 190 valence electrons. The molecule has 6 nitrogen and oxygen atoms in total. The van der Waals surface area contributed by atoms with E-state index in [1.807, 2.05) is 19.1 Å². The molecule has 2 aliphatic rings. The number of hydrogen-bond acceptors (Lipinski definition) is 5. The van der Waals surface area contributed by atoms with Gasteiger partial charge in [0.25, 0.3) is 5.91 Å². The van der Waals surface area contributed by atoms with Gasteiger partial charge < -0.3 is 10.2 Å². The molecule has 1 aromatic heterocycles. The summed E-state index contributed by atoms with van der Waals surface area (Å²) in [5.41, 5.74) is 1.80. The van der Waals surface area contributed by atoms with Gasteiger partial charge in [-0.3, -0.25) is 14.6 Å². The van der Waals surface area contributed by atoms with E-state index in [4.69, 9.17) is 23.2 Å². The van der Waals surface area contributed by atoms with Gasteiger partial charge in [0.1, 0.15) is 5.82 Å². The molecule has 1 aromatic carbocycles. The van der Waals surface area contributed by atoms with Crippen molar-refractivity contribution in [2.24, 2.45) is 0 Å². The molecule has 2 aliphatic heterocycles. The van der Waals surface area contributed by atoms with Gasteiger partial charge in [-0.1, -0.05) is 35.3 Å². The van der Waals surface area contributed by atoms with Crippen molar-refractivity contribution in [1.29, 1.82) is 0 Å². The summed E-state index contributed by atoms with van der Waals surface area (Å²) in [6.07, 6.45) is 3.96. The smallest absolute Gasteiger partial charge is 0.252 e. The third kappa shape index (κ3) is 5.77. The molecule has 1 atom stereocenters. The average Bonchev–Trinajstić information content (AvgIpc) is 2.84. The summed E-state index contributed by atoms with van der Waals surface area (Å²) in [7, 11) is 0. The Hall–Kier alpha value is -1.86. The average molecular weight is 519 g/mol. The van der Waals surface area contributed by atoms with E-state index in [9.17, 15) is 4.79 Å². The van der Waals surface area contributed by atoms with E-state index < -0.39 is 0 Å². The first kappa shape index (κ1) is 26.2. The third-order valence-corrected chi connectivity index (χ3v) is 8.20. The number of piperazine rings is 1. The van der Waals surface area contributed by atoms with Crippen LogP contribution in [0.2, 0.25) is 10.0 Å². The number of carbonyl (C=O) groups excluding carboxylic acids is 1. The number of pyridine rings is 1. The van der Waals surface area contributed by atoms with Gasteiger partial charge in [0.15, 0.2) is 0 Å². The number of likely N-dealkylation sites (tertiary alicyclic amines) is 1. The number of hydrogen-bond donors (Lipinski definition) is 1. The van der Waals surface area contributed by atoms with E-state index in [0.29, 0.717) is 29.2 Å². The molecular formula is C27H37Cl2N5O. The fraction of sp³-hybridized carbons (Fsp3) is 0.556. The highest BCUT2D eigenvalue weighted by Gasteiger charge is 2.36. The van der Waals surface area contributed by atoms with Crippen LogP contribution >= 0.6 is 23.2 Å². The summed E-state index contributed by atoms with van der Waals surface area (Å²) in [6.45, 7) is 14.3. The van der Waals surface area contributed by atoms with E-state index >= 15 is 0 Å². The lowest BCUT2D eigenvalue weighted by molar-refractivity contribution is 0.0290. The zero-order valence-electron chi connectivity index (χ0n) is 21.2. The van der Waals surface area contributed by atoms with E-state index in [-0.39, 0.29) is 11.4 Å². The van der Waals surface area contributed by atoms with Gasteiger partial charge in [-0.15, -0.1) is 0 Å². The lowest BCUT2D eigenvalue weighted by atomic mass is 9.89. The highest BCUT2D eigenvalue weighted by atomic mass is 35.5. The Kier molecular flexibility index (Phi) is 8.26. The number of carbonyl (C=O) groups is 1. The molecule has 0 bridgehead atoms. The fourth-order valence-corrected chi connectivity index (χ4v) is 5.97. The van der Waals surface area contributed by atoms with E-state index in [1.165, 1.54) is 18.4 Å². The number of benzene rings is 1. The van der Waals surface area contributed by atoms with Crippen LogP contribution in [0.15, 0.2) is 36.5 Å². The summed E-state index contributed by atoms with van der Waals surface area (Å²) >= 11 is 12.7. The normalized spacial score (nSPS) is 20.7. The second kappa shape index (κ2) is 11.0. The SMILES string of the molecule is CCNC(=O)c1cnc(N2CCN(C3CCN(C(C)(C)c4ccc(Cl)cc4)CC3)[C@@H](C)C2)c(Cl)c1. The van der Waals surface area contributed by atoms with E-state index in [0.717, 1.165) is 43.6 Å². The summed E-state index contributed by atoms with van der Waals surface area (Å²) < 4.78 is 0. The van der Waals surface area contributed by atoms with Crippen LogP contribution in [-0.4, -0.2) is 72.0 Å². The molecule has 0 spiro atoms. The minimum atomic E-state index is -0.141. The van der Waals surface area contributed by atoms with Crippen molar-refractivity contribution >= 4 is 34.9 Å². The molecular weight excluding hydrogens is 481 g/mol. The molecule has 0 unspecified atom stereocenters. The molecule has 2 saturated heterocycles. The third-order valence-electron chi connectivity index (χ3n) is 7.67. The lowest BCUT2D eigenvalue weighted by Crippen LogP contribution is -2.58. The lowest BCUT2D eigenvalue weighted by Gasteiger charge is -2.49. The van der Waals surface area contributed by atoms with Crippen molar-refractivity contribution < 1.29 is 4.79 Å². The Morgan fingerprint density at radius 3 is 2.40 bits per heavy atom. The Morgan fingerprint density at radius 1 is 1.11 bits per heavy atom. The van der Waals surface area contributed by atoms with Gasteiger partial charge in [0.2, 0.25) is 0 Å². The van der Waals surface area contributed by atoms with E-state index in [1.54, 1.807) is 12.3 Å². The molecule has 0 saturated carbocycles. The molecule has 0 aliphatic carbocycles. The largest absolute Gasteiger partial charge is 0.353 e. The van der Waals surface area contributed by atoms with Crippen molar-refractivity contribution in [3.05, 3.63) is 57.7 Å². The maximum atomic E-state index is 12.1. The molecule has 4 rings (SSSR count). The zero-order chi connectivity index (χ0) is 25.2. The quantitative estimate of drug-likeness (QED) is 0.580. The molecule has 0 radical (unpaired) electrons. The van der Waals surface area contributed by atoms with Gasteiger partial charge in [0.05, 0.1) is 10.6 Å². The highest BCUT2D eigenvalue weighted by molar-refractivity contribution is 6.33. The second-order valence-corrected chi connectivity index (χ2v) is 11.0. The van der Waals surface area contributed by atoms with Crippen molar-refractivity contribution in [2.45, 2.75) is 58.2 Å². The Morgan fingerprint density at radius 2 is 1.80 bits per heavy atom. The standard InChI is InChI=1S/C27H37Cl2N5O/c1-5-30-26(35)20-16-24(29)25(31-17-20)32-14-15-34(19(2)18-32)23-10-12-33(13-11-23)27(3,4)21-6-8-22(28)9-7-21/h6-9,16-17,19,23H,5,10-15,18H2,1-4H3,(H,30,35)/t19-/m0/s1. The summed E-state index contributed by atoms with van der Waals surface area (Å²) in [5.74, 6) is 0.628. The van der Waals surface area contributed by atoms with Crippen molar-refractivity contribution in [3.63, 3.8) is 0 Å². The predicted molar refractivity (Wildman–Crippen MR) is 145 cm³/mol. The molecule has 1 amide bonds. The first-order chi connectivity index (χ1) is 16.7. The van der Waals surface area contributed by atoms with Crippen LogP contribution in [0.1, 0.15) is 56.5 Å². The monoisotopic (exact) mass is 517 g/mol. The molecule has 3 heterocycles. The van der Waals surface area contributed by atoms with Crippen LogP contribution in [0.5, 0.6) is 0 Å². The number of amides is 1. The predicted octanol–water partition coefficient (Wildman–Crippen LogP) is 5.05. The van der Waals surface area contributed by atoms with Gasteiger partial charge in [-0.25, -0.2) is 4.98 Å². The number of rotatable bonds is 6. The maximum absolute atomic E-state index is 12.1. The highest BCUT2D eigenvalue weighted by Crippen LogP contribution is 2.34. The Labute approximate surface area is 219 Å². The van der Waals surface area contributed by atoms with E-state index in [2.05, 4.69) is 57.9 Å².